The zero-order chi connectivity index (χ0) is 16.1. The number of hydrogen-bond acceptors (Lipinski definition) is 6. The molecule has 0 bridgehead atoms. The van der Waals surface area contributed by atoms with Gasteiger partial charge >= 0.3 is 0 Å². The number of nitrogens with one attached hydrogen (secondary N) is 3. The van der Waals surface area contributed by atoms with Crippen LogP contribution in [0.5, 0.6) is 0 Å². The molecule has 0 atom stereocenters. The Kier molecular flexibility index (Phi) is 2.77. The highest BCUT2D eigenvalue weighted by Gasteiger charge is 2.24. The van der Waals surface area contributed by atoms with Crippen LogP contribution in [-0.2, 0) is 11.5 Å². The number of aromatic nitrogens is 3. The number of imidazole rings is 1. The fourth-order valence-corrected chi connectivity index (χ4v) is 3.23. The maximum absolute atomic E-state index is 5.06. The molecule has 0 spiro atoms. The number of benzene rings is 1. The van der Waals surface area contributed by atoms with Gasteiger partial charge in [0.1, 0.15) is 5.69 Å². The normalized spacial score (nSPS) is 14.5. The van der Waals surface area contributed by atoms with Gasteiger partial charge in [0.15, 0.2) is 0 Å². The van der Waals surface area contributed by atoms with Crippen molar-refractivity contribution in [3.05, 3.63) is 42.1 Å². The first-order valence-corrected chi connectivity index (χ1v) is 7.90. The lowest BCUT2D eigenvalue weighted by atomic mass is 10.1. The van der Waals surface area contributed by atoms with E-state index in [4.69, 9.17) is 9.92 Å². The van der Waals surface area contributed by atoms with Gasteiger partial charge in [0.05, 0.1) is 22.8 Å². The summed E-state index contributed by atoms with van der Waals surface area (Å²) in [6.07, 6.45) is 0. The van der Waals surface area contributed by atoms with Gasteiger partial charge in [-0.05, 0) is 31.2 Å². The Morgan fingerprint density at radius 1 is 1.08 bits per heavy atom. The number of anilines is 3. The molecule has 0 saturated heterocycles. The van der Waals surface area contributed by atoms with Gasteiger partial charge in [-0.15, -0.1) is 0 Å². The highest BCUT2D eigenvalue weighted by Crippen LogP contribution is 2.38. The van der Waals surface area contributed by atoms with Crippen molar-refractivity contribution in [3.8, 4) is 22.6 Å². The molecule has 2 aliphatic heterocycles. The molecule has 0 fully saturated rings. The Morgan fingerprint density at radius 2 is 2.00 bits per heavy atom. The summed E-state index contributed by atoms with van der Waals surface area (Å²) in [4.78, 5) is 14.5. The number of hydrogen-bond donors (Lipinski definition) is 3. The van der Waals surface area contributed by atoms with E-state index in [0.717, 1.165) is 58.8 Å². The number of nitrogens with zero attached hydrogens (tertiary/aromatic N) is 3. The molecule has 4 heterocycles. The van der Waals surface area contributed by atoms with E-state index in [0.29, 0.717) is 0 Å². The van der Waals surface area contributed by atoms with Gasteiger partial charge in [0, 0.05) is 24.3 Å². The molecule has 2 aliphatic rings. The SMILES string of the molecule is Cc1cccc(-c2nc3n(c2-c2ccc4c(c2)NON4)CCN3)n1. The lowest BCUT2D eigenvalue weighted by Gasteiger charge is -2.09. The molecule has 0 radical (unpaired) electrons. The van der Waals surface area contributed by atoms with Crippen molar-refractivity contribution in [1.82, 2.24) is 14.5 Å². The Labute approximate surface area is 138 Å². The molecule has 0 amide bonds. The van der Waals surface area contributed by atoms with Crippen LogP contribution in [0.3, 0.4) is 0 Å². The first-order valence-electron chi connectivity index (χ1n) is 7.90. The molecule has 0 aliphatic carbocycles. The van der Waals surface area contributed by atoms with Gasteiger partial charge < -0.3 is 9.88 Å². The van der Waals surface area contributed by atoms with Crippen LogP contribution >= 0.6 is 0 Å². The monoisotopic (exact) mass is 320 g/mol. The summed E-state index contributed by atoms with van der Waals surface area (Å²) in [5.74, 6) is 0.895. The van der Waals surface area contributed by atoms with Gasteiger partial charge in [-0.1, -0.05) is 12.1 Å². The average molecular weight is 320 g/mol. The van der Waals surface area contributed by atoms with Gasteiger partial charge in [-0.3, -0.25) is 4.98 Å². The molecule has 3 N–H and O–H groups in total. The molecule has 120 valence electrons. The third-order valence-corrected chi connectivity index (χ3v) is 4.33. The van der Waals surface area contributed by atoms with Crippen LogP contribution in [0.25, 0.3) is 22.6 Å². The van der Waals surface area contributed by atoms with E-state index in [1.165, 1.54) is 0 Å². The zero-order valence-corrected chi connectivity index (χ0v) is 13.1. The summed E-state index contributed by atoms with van der Waals surface area (Å²) >= 11 is 0. The molecule has 7 heteroatoms. The first kappa shape index (κ1) is 13.4. The molecule has 5 rings (SSSR count). The number of pyridine rings is 1. The Morgan fingerprint density at radius 3 is 2.92 bits per heavy atom. The van der Waals surface area contributed by atoms with Gasteiger partial charge in [0.25, 0.3) is 0 Å². The van der Waals surface area contributed by atoms with Crippen LogP contribution in [0.2, 0.25) is 0 Å². The van der Waals surface area contributed by atoms with Crippen molar-refractivity contribution >= 4 is 17.3 Å². The smallest absolute Gasteiger partial charge is 0.204 e. The summed E-state index contributed by atoms with van der Waals surface area (Å²) < 4.78 is 2.21. The van der Waals surface area contributed by atoms with Crippen LogP contribution in [-0.4, -0.2) is 21.1 Å². The molecular formula is C17H16N6O. The van der Waals surface area contributed by atoms with E-state index in [1.807, 2.05) is 31.2 Å². The minimum Gasteiger partial charge on any atom is -0.354 e. The van der Waals surface area contributed by atoms with Crippen molar-refractivity contribution < 1.29 is 4.94 Å². The third-order valence-electron chi connectivity index (χ3n) is 4.33. The van der Waals surface area contributed by atoms with Crippen molar-refractivity contribution in [2.75, 3.05) is 22.8 Å². The molecule has 0 saturated carbocycles. The summed E-state index contributed by atoms with van der Waals surface area (Å²) in [6, 6.07) is 12.2. The Bertz CT molecular complexity index is 948. The van der Waals surface area contributed by atoms with Crippen LogP contribution in [0, 0.1) is 6.92 Å². The predicted octanol–water partition coefficient (Wildman–Crippen LogP) is 3.03. The Balaban J connectivity index is 1.72. The maximum atomic E-state index is 5.06. The van der Waals surface area contributed by atoms with Crippen molar-refractivity contribution in [1.29, 1.82) is 0 Å². The Hall–Kier alpha value is -3.06. The zero-order valence-electron chi connectivity index (χ0n) is 13.1. The van der Waals surface area contributed by atoms with E-state index in [9.17, 15) is 0 Å². The van der Waals surface area contributed by atoms with Crippen molar-refractivity contribution in [3.63, 3.8) is 0 Å². The average Bonchev–Trinajstić information content (AvgIpc) is 3.29. The fourth-order valence-electron chi connectivity index (χ4n) is 3.23. The van der Waals surface area contributed by atoms with Crippen LogP contribution < -0.4 is 16.3 Å². The van der Waals surface area contributed by atoms with Gasteiger partial charge in [-0.2, -0.15) is 4.94 Å². The molecule has 7 nitrogen and oxygen atoms in total. The molecule has 0 unspecified atom stereocenters. The third kappa shape index (κ3) is 1.95. The predicted molar refractivity (Wildman–Crippen MR) is 92.5 cm³/mol. The highest BCUT2D eigenvalue weighted by molar-refractivity contribution is 5.84. The number of fused-ring (bicyclic) bond motifs is 2. The van der Waals surface area contributed by atoms with Crippen LogP contribution in [0.15, 0.2) is 36.4 Å². The first-order chi connectivity index (χ1) is 11.8. The quantitative estimate of drug-likeness (QED) is 0.674. The maximum Gasteiger partial charge on any atom is 0.204 e. The fraction of sp³-hybridized carbons (Fsp3) is 0.176. The van der Waals surface area contributed by atoms with Crippen LogP contribution in [0.4, 0.5) is 17.3 Å². The topological polar surface area (TPSA) is 76.0 Å². The minimum absolute atomic E-state index is 0.886. The molecule has 24 heavy (non-hydrogen) atoms. The summed E-state index contributed by atoms with van der Waals surface area (Å²) in [5, 5.41) is 3.34. The van der Waals surface area contributed by atoms with Crippen LogP contribution in [0.1, 0.15) is 5.69 Å². The second-order valence-corrected chi connectivity index (χ2v) is 5.94. The molecule has 3 aromatic rings. The van der Waals surface area contributed by atoms with E-state index < -0.39 is 0 Å². The van der Waals surface area contributed by atoms with E-state index in [-0.39, 0.29) is 0 Å². The van der Waals surface area contributed by atoms with E-state index in [1.54, 1.807) is 0 Å². The lowest BCUT2D eigenvalue weighted by molar-refractivity contribution is 0.282. The molecule has 2 aromatic heterocycles. The summed E-state index contributed by atoms with van der Waals surface area (Å²) in [5.41, 5.74) is 12.4. The largest absolute Gasteiger partial charge is 0.354 e. The summed E-state index contributed by atoms with van der Waals surface area (Å²) in [6.45, 7) is 3.78. The molecular weight excluding hydrogens is 304 g/mol. The van der Waals surface area contributed by atoms with Crippen molar-refractivity contribution in [2.24, 2.45) is 0 Å². The lowest BCUT2D eigenvalue weighted by Crippen LogP contribution is -1.99. The van der Waals surface area contributed by atoms with Gasteiger partial charge in [-0.25, -0.2) is 15.9 Å². The second-order valence-electron chi connectivity index (χ2n) is 5.94. The van der Waals surface area contributed by atoms with Crippen molar-refractivity contribution in [2.45, 2.75) is 13.5 Å². The second kappa shape index (κ2) is 4.97. The minimum atomic E-state index is 0.886. The molecule has 1 aromatic carbocycles. The highest BCUT2D eigenvalue weighted by atomic mass is 16.8. The number of rotatable bonds is 2. The van der Waals surface area contributed by atoms with E-state index in [2.05, 4.69) is 38.0 Å². The summed E-state index contributed by atoms with van der Waals surface area (Å²) in [7, 11) is 0. The number of aryl methyl sites for hydroxylation is 1. The van der Waals surface area contributed by atoms with E-state index >= 15 is 0 Å². The van der Waals surface area contributed by atoms with Gasteiger partial charge in [0.2, 0.25) is 5.95 Å². The standard InChI is InChI=1S/C17H16N6O/c1-10-3-2-4-13(19-10)15-16(23-8-7-18-17(23)20-15)11-5-6-12-14(9-11)22-24-21-12/h2-6,9,21-22H,7-8H2,1H3,(H,18,20).